The molecule has 1 aliphatic heterocycles. The summed E-state index contributed by atoms with van der Waals surface area (Å²) in [6.45, 7) is 1.80. The summed E-state index contributed by atoms with van der Waals surface area (Å²) in [5.74, 6) is 0.338. The largest absolute Gasteiger partial charge is 0.338 e. The summed E-state index contributed by atoms with van der Waals surface area (Å²) in [4.78, 5) is 13.8. The summed E-state index contributed by atoms with van der Waals surface area (Å²) in [5, 5.41) is 7.72. The van der Waals surface area contributed by atoms with Crippen molar-refractivity contribution in [3.63, 3.8) is 0 Å². The second kappa shape index (κ2) is 5.38. The third-order valence-electron chi connectivity index (χ3n) is 3.32. The van der Waals surface area contributed by atoms with E-state index in [0.29, 0.717) is 24.4 Å². The monoisotopic (exact) mass is 272 g/mol. The standard InChI is InChI=1S/C12H16N2OS.ClH/c15-12-5-10(7-14(12)11-1-2-11)13-6-9-3-4-16-8-9;/h3-4,8,10-11,13H,1-2,5-7H2;1H. The van der Waals surface area contributed by atoms with Gasteiger partial charge in [0, 0.05) is 31.6 Å². The van der Waals surface area contributed by atoms with Gasteiger partial charge in [-0.2, -0.15) is 11.3 Å². The van der Waals surface area contributed by atoms with Crippen molar-refractivity contribution >= 4 is 29.7 Å². The number of hydrogen-bond acceptors (Lipinski definition) is 3. The van der Waals surface area contributed by atoms with Gasteiger partial charge in [0.2, 0.25) is 5.91 Å². The van der Waals surface area contributed by atoms with E-state index in [1.165, 1.54) is 18.4 Å². The van der Waals surface area contributed by atoms with Gasteiger partial charge in [-0.3, -0.25) is 4.79 Å². The molecule has 1 aliphatic carbocycles. The summed E-state index contributed by atoms with van der Waals surface area (Å²) < 4.78 is 0. The van der Waals surface area contributed by atoms with Crippen molar-refractivity contribution in [2.45, 2.75) is 37.9 Å². The highest BCUT2D eigenvalue weighted by atomic mass is 35.5. The second-order valence-corrected chi connectivity index (χ2v) is 5.47. The highest BCUT2D eigenvalue weighted by Gasteiger charge is 2.38. The highest BCUT2D eigenvalue weighted by Crippen LogP contribution is 2.30. The molecule has 0 radical (unpaired) electrons. The maximum atomic E-state index is 11.7. The minimum atomic E-state index is 0. The van der Waals surface area contributed by atoms with Gasteiger partial charge in [0.15, 0.2) is 0 Å². The lowest BCUT2D eigenvalue weighted by Gasteiger charge is -2.15. The number of thiophene rings is 1. The van der Waals surface area contributed by atoms with E-state index in [2.05, 4.69) is 27.0 Å². The molecule has 3 rings (SSSR count). The van der Waals surface area contributed by atoms with Crippen molar-refractivity contribution in [2.24, 2.45) is 0 Å². The molecule has 2 heterocycles. The minimum Gasteiger partial charge on any atom is -0.338 e. The zero-order valence-corrected chi connectivity index (χ0v) is 11.2. The van der Waals surface area contributed by atoms with E-state index in [1.807, 2.05) is 0 Å². The number of hydrogen-bond donors (Lipinski definition) is 1. The smallest absolute Gasteiger partial charge is 0.224 e. The number of rotatable bonds is 4. The molecule has 5 heteroatoms. The first-order valence-corrected chi connectivity index (χ1v) is 6.81. The Morgan fingerprint density at radius 3 is 2.94 bits per heavy atom. The van der Waals surface area contributed by atoms with Crippen molar-refractivity contribution in [3.05, 3.63) is 22.4 Å². The lowest BCUT2D eigenvalue weighted by molar-refractivity contribution is -0.128. The fourth-order valence-electron chi connectivity index (χ4n) is 2.26. The number of likely N-dealkylation sites (tertiary alicyclic amines) is 1. The number of amides is 1. The average Bonchev–Trinajstić information content (AvgIpc) is 2.85. The average molecular weight is 273 g/mol. The van der Waals surface area contributed by atoms with Crippen LogP contribution in [0.4, 0.5) is 0 Å². The molecule has 3 nitrogen and oxygen atoms in total. The fraction of sp³-hybridized carbons (Fsp3) is 0.583. The lowest BCUT2D eigenvalue weighted by Crippen LogP contribution is -2.33. The third kappa shape index (κ3) is 3.00. The molecule has 2 fully saturated rings. The topological polar surface area (TPSA) is 32.3 Å². The normalized spacial score (nSPS) is 23.9. The maximum Gasteiger partial charge on any atom is 0.224 e. The molecule has 0 aromatic carbocycles. The van der Waals surface area contributed by atoms with Crippen LogP contribution in [0.25, 0.3) is 0 Å². The number of carbonyl (C=O) groups is 1. The predicted octanol–water partition coefficient (Wildman–Crippen LogP) is 2.02. The number of nitrogens with zero attached hydrogens (tertiary/aromatic N) is 1. The van der Waals surface area contributed by atoms with Gasteiger partial charge in [0.25, 0.3) is 0 Å². The van der Waals surface area contributed by atoms with Crippen LogP contribution in [0.15, 0.2) is 16.8 Å². The van der Waals surface area contributed by atoms with Crippen molar-refractivity contribution in [1.29, 1.82) is 0 Å². The zero-order valence-electron chi connectivity index (χ0n) is 9.59. The fourth-order valence-corrected chi connectivity index (χ4v) is 2.93. The van der Waals surface area contributed by atoms with Crippen LogP contribution in [0.3, 0.4) is 0 Å². The Kier molecular flexibility index (Phi) is 4.07. The van der Waals surface area contributed by atoms with E-state index in [9.17, 15) is 4.79 Å². The molecule has 1 saturated heterocycles. The molecule has 1 aromatic rings. The quantitative estimate of drug-likeness (QED) is 0.910. The molecular formula is C12H17ClN2OS. The molecule has 1 aromatic heterocycles. The van der Waals surface area contributed by atoms with Gasteiger partial charge in [-0.1, -0.05) is 0 Å². The Labute approximate surface area is 112 Å². The molecule has 94 valence electrons. The van der Waals surface area contributed by atoms with E-state index < -0.39 is 0 Å². The Morgan fingerprint density at radius 1 is 1.47 bits per heavy atom. The molecule has 1 unspecified atom stereocenters. The number of halogens is 1. The van der Waals surface area contributed by atoms with Crippen molar-refractivity contribution in [2.75, 3.05) is 6.54 Å². The summed E-state index contributed by atoms with van der Waals surface area (Å²) in [6, 6.07) is 3.06. The van der Waals surface area contributed by atoms with Gasteiger partial charge < -0.3 is 10.2 Å². The first-order chi connectivity index (χ1) is 7.83. The van der Waals surface area contributed by atoms with E-state index in [-0.39, 0.29) is 12.4 Å². The molecule has 17 heavy (non-hydrogen) atoms. The van der Waals surface area contributed by atoms with Gasteiger partial charge >= 0.3 is 0 Å². The van der Waals surface area contributed by atoms with Crippen LogP contribution in [0.2, 0.25) is 0 Å². The highest BCUT2D eigenvalue weighted by molar-refractivity contribution is 7.07. The summed E-state index contributed by atoms with van der Waals surface area (Å²) in [7, 11) is 0. The maximum absolute atomic E-state index is 11.7. The van der Waals surface area contributed by atoms with Crippen LogP contribution in [0, 0.1) is 0 Å². The Bertz CT molecular complexity index is 378. The molecule has 1 amide bonds. The van der Waals surface area contributed by atoms with Crippen LogP contribution in [0.5, 0.6) is 0 Å². The Morgan fingerprint density at radius 2 is 2.29 bits per heavy atom. The predicted molar refractivity (Wildman–Crippen MR) is 71.5 cm³/mol. The zero-order chi connectivity index (χ0) is 11.0. The van der Waals surface area contributed by atoms with E-state index in [1.54, 1.807) is 11.3 Å². The van der Waals surface area contributed by atoms with Gasteiger partial charge in [-0.05, 0) is 35.2 Å². The molecule has 1 saturated carbocycles. The van der Waals surface area contributed by atoms with Crippen LogP contribution in [0.1, 0.15) is 24.8 Å². The van der Waals surface area contributed by atoms with Crippen LogP contribution in [-0.2, 0) is 11.3 Å². The molecule has 1 N–H and O–H groups in total. The number of nitrogens with one attached hydrogen (secondary N) is 1. The summed E-state index contributed by atoms with van der Waals surface area (Å²) >= 11 is 1.72. The van der Waals surface area contributed by atoms with E-state index in [4.69, 9.17) is 0 Å². The third-order valence-corrected chi connectivity index (χ3v) is 4.05. The van der Waals surface area contributed by atoms with Gasteiger partial charge in [0.05, 0.1) is 0 Å². The Balaban J connectivity index is 0.00000108. The van der Waals surface area contributed by atoms with Crippen molar-refractivity contribution in [1.82, 2.24) is 10.2 Å². The van der Waals surface area contributed by atoms with Crippen LogP contribution < -0.4 is 5.32 Å². The summed E-state index contributed by atoms with van der Waals surface area (Å²) in [5.41, 5.74) is 1.32. The van der Waals surface area contributed by atoms with Crippen molar-refractivity contribution in [3.8, 4) is 0 Å². The molecule has 0 bridgehead atoms. The molecule has 0 spiro atoms. The molecule has 1 atom stereocenters. The van der Waals surface area contributed by atoms with Crippen molar-refractivity contribution < 1.29 is 4.79 Å². The Hall–Kier alpha value is -0.580. The van der Waals surface area contributed by atoms with E-state index in [0.717, 1.165) is 13.1 Å². The van der Waals surface area contributed by atoms with Gasteiger partial charge in [0.1, 0.15) is 0 Å². The van der Waals surface area contributed by atoms with Gasteiger partial charge in [-0.25, -0.2) is 0 Å². The van der Waals surface area contributed by atoms with Crippen LogP contribution >= 0.6 is 23.7 Å². The minimum absolute atomic E-state index is 0. The number of carbonyl (C=O) groups excluding carboxylic acids is 1. The molecule has 2 aliphatic rings. The first kappa shape index (κ1) is 12.9. The van der Waals surface area contributed by atoms with Crippen LogP contribution in [-0.4, -0.2) is 29.4 Å². The summed E-state index contributed by atoms with van der Waals surface area (Å²) in [6.07, 6.45) is 3.10. The van der Waals surface area contributed by atoms with Gasteiger partial charge in [-0.15, -0.1) is 12.4 Å². The lowest BCUT2D eigenvalue weighted by atomic mass is 10.2. The molecular weight excluding hydrogens is 256 g/mol. The first-order valence-electron chi connectivity index (χ1n) is 5.87. The SMILES string of the molecule is Cl.O=C1CC(NCc2ccsc2)CN1C1CC1. The second-order valence-electron chi connectivity index (χ2n) is 4.69. The van der Waals surface area contributed by atoms with E-state index >= 15 is 0 Å².